The molecule has 3 heterocycles. The molecule has 2 aromatic heterocycles. The molecular weight excluding hydrogens is 447 g/mol. The lowest BCUT2D eigenvalue weighted by atomic mass is 9.96. The molecule has 0 bridgehead atoms. The molecule has 1 amide bonds. The minimum atomic E-state index is -0.761. The molecular formula is C26H21FN6O2. The molecule has 174 valence electrons. The summed E-state index contributed by atoms with van der Waals surface area (Å²) in [4.78, 5) is 23.2. The summed E-state index contributed by atoms with van der Waals surface area (Å²) in [5.41, 5.74) is 8.03. The Bertz CT molecular complexity index is 1620. The number of nitrogens with two attached hydrogens (primary N) is 1. The van der Waals surface area contributed by atoms with Crippen LogP contribution in [-0.4, -0.2) is 38.8 Å². The number of nitriles is 1. The van der Waals surface area contributed by atoms with Crippen molar-refractivity contribution in [2.75, 3.05) is 19.4 Å². The Morgan fingerprint density at radius 3 is 2.89 bits per heavy atom. The third-order valence-electron chi connectivity index (χ3n) is 6.05. The van der Waals surface area contributed by atoms with Crippen molar-refractivity contribution in [1.82, 2.24) is 19.3 Å². The highest BCUT2D eigenvalue weighted by Gasteiger charge is 2.32. The number of benzene rings is 2. The van der Waals surface area contributed by atoms with Gasteiger partial charge < -0.3 is 15.4 Å². The number of nitrogens with zero attached hydrogens (tertiary/aromatic N) is 5. The van der Waals surface area contributed by atoms with Crippen LogP contribution in [0.5, 0.6) is 5.75 Å². The third kappa shape index (κ3) is 3.77. The molecule has 0 spiro atoms. The van der Waals surface area contributed by atoms with Crippen molar-refractivity contribution < 1.29 is 13.9 Å². The highest BCUT2D eigenvalue weighted by Crippen LogP contribution is 2.37. The molecule has 5 rings (SSSR count). The monoisotopic (exact) mass is 468 g/mol. The fraction of sp³-hybridized carbons (Fsp3) is 0.231. The van der Waals surface area contributed by atoms with Crippen molar-refractivity contribution in [2.45, 2.75) is 19.9 Å². The number of hydrogen-bond acceptors (Lipinski definition) is 6. The van der Waals surface area contributed by atoms with Gasteiger partial charge in [-0.3, -0.25) is 9.20 Å². The predicted octanol–water partition coefficient (Wildman–Crippen LogP) is 3.71. The van der Waals surface area contributed by atoms with E-state index in [0.29, 0.717) is 27.9 Å². The molecule has 0 aliphatic carbocycles. The molecule has 1 aliphatic rings. The Labute approximate surface area is 200 Å². The number of nitrogen functional groups attached to an aromatic ring is 1. The van der Waals surface area contributed by atoms with Crippen molar-refractivity contribution in [1.29, 1.82) is 5.26 Å². The number of hydrogen-bond donors (Lipinski definition) is 1. The van der Waals surface area contributed by atoms with Gasteiger partial charge in [-0.15, -0.1) is 0 Å². The van der Waals surface area contributed by atoms with E-state index in [9.17, 15) is 4.79 Å². The number of likely N-dealkylation sites (N-methyl/N-ethyl adjacent to an activating group) is 1. The highest BCUT2D eigenvalue weighted by atomic mass is 19.1. The topological polar surface area (TPSA) is 110 Å². The summed E-state index contributed by atoms with van der Waals surface area (Å²) in [6.45, 7) is 3.72. The Hall–Kier alpha value is -4.63. The van der Waals surface area contributed by atoms with E-state index in [2.05, 4.69) is 27.9 Å². The molecule has 2 aromatic carbocycles. The zero-order chi connectivity index (χ0) is 24.9. The van der Waals surface area contributed by atoms with Crippen LogP contribution in [0.2, 0.25) is 0 Å². The second-order valence-corrected chi connectivity index (χ2v) is 8.95. The molecule has 1 aliphatic heterocycles. The summed E-state index contributed by atoms with van der Waals surface area (Å²) in [5.74, 6) is 5.58. The first-order chi connectivity index (χ1) is 16.7. The van der Waals surface area contributed by atoms with E-state index in [0.717, 1.165) is 5.56 Å². The zero-order valence-electron chi connectivity index (χ0n) is 19.3. The number of ether oxygens (including phenoxy) is 1. The molecule has 8 nitrogen and oxygen atoms in total. The summed E-state index contributed by atoms with van der Waals surface area (Å²) in [6, 6.07) is 9.88. The van der Waals surface area contributed by atoms with Crippen LogP contribution in [0.3, 0.4) is 0 Å². The Morgan fingerprint density at radius 2 is 2.11 bits per heavy atom. The summed E-state index contributed by atoms with van der Waals surface area (Å²) in [7, 11) is 1.62. The van der Waals surface area contributed by atoms with E-state index in [1.807, 2.05) is 12.1 Å². The average molecular weight is 468 g/mol. The van der Waals surface area contributed by atoms with Crippen LogP contribution in [0.15, 0.2) is 42.9 Å². The summed E-state index contributed by atoms with van der Waals surface area (Å²) in [5, 5.41) is 9.15. The SMILES string of the molecule is CN(C(=O)c1cc2c(cc1F)nc(N)c1cncn12)[C@@H]1COc2cc(C#CC(C)(C)C#N)ccc21. The van der Waals surface area contributed by atoms with Crippen LogP contribution in [0.4, 0.5) is 10.2 Å². The zero-order valence-corrected chi connectivity index (χ0v) is 19.3. The number of aromatic nitrogens is 3. The normalized spacial score (nSPS) is 14.7. The fourth-order valence-electron chi connectivity index (χ4n) is 4.04. The Balaban J connectivity index is 1.47. The highest BCUT2D eigenvalue weighted by molar-refractivity contribution is 5.98. The number of carbonyl (C=O) groups is 1. The van der Waals surface area contributed by atoms with E-state index in [4.69, 9.17) is 15.7 Å². The van der Waals surface area contributed by atoms with Crippen LogP contribution < -0.4 is 10.5 Å². The van der Waals surface area contributed by atoms with Gasteiger partial charge in [0.2, 0.25) is 0 Å². The van der Waals surface area contributed by atoms with Crippen LogP contribution in [0.1, 0.15) is 41.4 Å². The lowest BCUT2D eigenvalue weighted by Crippen LogP contribution is -2.32. The van der Waals surface area contributed by atoms with Crippen LogP contribution in [0, 0.1) is 34.4 Å². The first-order valence-corrected chi connectivity index (χ1v) is 10.9. The number of halogens is 1. The third-order valence-corrected chi connectivity index (χ3v) is 6.05. The maximum absolute atomic E-state index is 15.0. The maximum Gasteiger partial charge on any atom is 0.257 e. The van der Waals surface area contributed by atoms with Crippen LogP contribution in [0.25, 0.3) is 16.6 Å². The van der Waals surface area contributed by atoms with E-state index in [1.165, 1.54) is 17.0 Å². The first-order valence-electron chi connectivity index (χ1n) is 10.9. The average Bonchev–Trinajstić information content (AvgIpc) is 3.49. The molecule has 0 unspecified atom stereocenters. The van der Waals surface area contributed by atoms with Crippen LogP contribution in [-0.2, 0) is 0 Å². The summed E-state index contributed by atoms with van der Waals surface area (Å²) < 4.78 is 22.5. The van der Waals surface area contributed by atoms with Crippen molar-refractivity contribution >= 4 is 28.3 Å². The van der Waals surface area contributed by atoms with Crippen molar-refractivity contribution in [2.24, 2.45) is 5.41 Å². The smallest absolute Gasteiger partial charge is 0.257 e. The molecule has 0 radical (unpaired) electrons. The first kappa shape index (κ1) is 22.2. The van der Waals surface area contributed by atoms with Crippen LogP contribution >= 0.6 is 0 Å². The van der Waals surface area contributed by atoms with Gasteiger partial charge in [0.05, 0.1) is 41.2 Å². The van der Waals surface area contributed by atoms with Gasteiger partial charge in [-0.1, -0.05) is 17.9 Å². The largest absolute Gasteiger partial charge is 0.491 e. The van der Waals surface area contributed by atoms with Crippen molar-refractivity contribution in [3.8, 4) is 23.7 Å². The summed E-state index contributed by atoms with van der Waals surface area (Å²) >= 11 is 0. The van der Waals surface area contributed by atoms with Gasteiger partial charge in [-0.2, -0.15) is 5.26 Å². The predicted molar refractivity (Wildman–Crippen MR) is 128 cm³/mol. The number of anilines is 1. The molecule has 35 heavy (non-hydrogen) atoms. The molecule has 2 N–H and O–H groups in total. The second-order valence-electron chi connectivity index (χ2n) is 8.95. The quantitative estimate of drug-likeness (QED) is 0.449. The number of fused-ring (bicyclic) bond motifs is 4. The molecule has 4 aromatic rings. The molecule has 1 atom stereocenters. The second kappa shape index (κ2) is 8.00. The minimum absolute atomic E-state index is 0.0868. The lowest BCUT2D eigenvalue weighted by Gasteiger charge is -2.24. The van der Waals surface area contributed by atoms with Gasteiger partial charge in [0, 0.05) is 24.2 Å². The van der Waals surface area contributed by atoms with E-state index in [-0.39, 0.29) is 18.0 Å². The van der Waals surface area contributed by atoms with E-state index in [1.54, 1.807) is 43.9 Å². The lowest BCUT2D eigenvalue weighted by molar-refractivity contribution is 0.0704. The standard InChI is InChI=1S/C26H21FN6O2/c1-26(2,13-28)7-6-15-4-5-16-22(12-35-23(16)8-15)32(3)25(34)17-9-20-19(10-18(17)27)31-24(29)21-11-30-14-33(20)21/h4-5,8-11,14,22H,12H2,1-3H3,(H2,29,31)/t22-/m1/s1. The number of carbonyl (C=O) groups excluding carboxylic acids is 1. The summed E-state index contributed by atoms with van der Waals surface area (Å²) in [6.07, 6.45) is 3.11. The van der Waals surface area contributed by atoms with E-state index >= 15 is 4.39 Å². The van der Waals surface area contributed by atoms with Gasteiger partial charge in [-0.05, 0) is 32.0 Å². The number of rotatable bonds is 2. The van der Waals surface area contributed by atoms with Gasteiger partial charge >= 0.3 is 0 Å². The molecule has 9 heteroatoms. The van der Waals surface area contributed by atoms with Gasteiger partial charge in [0.15, 0.2) is 0 Å². The minimum Gasteiger partial charge on any atom is -0.491 e. The molecule has 0 saturated heterocycles. The van der Waals surface area contributed by atoms with Gasteiger partial charge in [-0.25, -0.2) is 14.4 Å². The van der Waals surface area contributed by atoms with Gasteiger partial charge in [0.25, 0.3) is 5.91 Å². The fourth-order valence-corrected chi connectivity index (χ4v) is 4.04. The molecule has 0 saturated carbocycles. The number of amides is 1. The van der Waals surface area contributed by atoms with Gasteiger partial charge in [0.1, 0.15) is 34.9 Å². The van der Waals surface area contributed by atoms with Crippen molar-refractivity contribution in [3.63, 3.8) is 0 Å². The maximum atomic E-state index is 15.0. The Kier molecular flexibility index (Phi) is 5.07. The van der Waals surface area contributed by atoms with E-state index < -0.39 is 23.2 Å². The van der Waals surface area contributed by atoms with Crippen molar-refractivity contribution in [3.05, 3.63) is 65.4 Å². The Morgan fingerprint density at radius 1 is 1.31 bits per heavy atom. The number of imidazole rings is 1. The molecule has 0 fully saturated rings.